The first kappa shape index (κ1) is 24.2. The topological polar surface area (TPSA) is 111 Å². The van der Waals surface area contributed by atoms with Crippen LogP contribution in [0, 0.1) is 11.3 Å². The molecule has 9 nitrogen and oxygen atoms in total. The number of halogens is 1. The van der Waals surface area contributed by atoms with E-state index in [-0.39, 0.29) is 18.2 Å². The maximum atomic E-state index is 12.9. The predicted octanol–water partition coefficient (Wildman–Crippen LogP) is 4.91. The summed E-state index contributed by atoms with van der Waals surface area (Å²) in [4.78, 5) is 17.4. The molecule has 0 saturated carbocycles. The first-order valence-corrected chi connectivity index (χ1v) is 12.9. The lowest BCUT2D eigenvalue weighted by molar-refractivity contribution is -0.0383. The van der Waals surface area contributed by atoms with E-state index in [9.17, 15) is 4.79 Å². The van der Waals surface area contributed by atoms with E-state index in [1.807, 2.05) is 36.0 Å². The van der Waals surface area contributed by atoms with E-state index in [0.717, 1.165) is 47.8 Å². The molecule has 1 aliphatic heterocycles. The van der Waals surface area contributed by atoms with Gasteiger partial charge in [0.15, 0.2) is 6.23 Å². The van der Waals surface area contributed by atoms with Crippen LogP contribution in [-0.4, -0.2) is 43.1 Å². The maximum absolute atomic E-state index is 12.9. The average molecular weight is 522 g/mol. The van der Waals surface area contributed by atoms with Crippen molar-refractivity contribution in [1.29, 1.82) is 5.26 Å². The van der Waals surface area contributed by atoms with Gasteiger partial charge in [-0.1, -0.05) is 17.7 Å². The zero-order valence-electron chi connectivity index (χ0n) is 19.6. The fourth-order valence-corrected chi connectivity index (χ4v) is 5.17. The third kappa shape index (κ3) is 5.18. The van der Waals surface area contributed by atoms with Gasteiger partial charge < -0.3 is 10.1 Å². The molecule has 1 aromatic carbocycles. The third-order valence-electron chi connectivity index (χ3n) is 5.92. The summed E-state index contributed by atoms with van der Waals surface area (Å²) in [6.07, 6.45) is 6.57. The van der Waals surface area contributed by atoms with Crippen LogP contribution in [-0.2, 0) is 11.3 Å². The molecule has 4 heterocycles. The molecule has 3 aromatic heterocycles. The van der Waals surface area contributed by atoms with Crippen LogP contribution in [0.25, 0.3) is 22.0 Å². The van der Waals surface area contributed by atoms with Crippen molar-refractivity contribution in [2.24, 2.45) is 0 Å². The van der Waals surface area contributed by atoms with E-state index in [4.69, 9.17) is 21.6 Å². The van der Waals surface area contributed by atoms with Crippen LogP contribution in [0.3, 0.4) is 0 Å². The lowest BCUT2D eigenvalue weighted by Gasteiger charge is -2.24. The molecule has 36 heavy (non-hydrogen) atoms. The fourth-order valence-electron chi connectivity index (χ4n) is 4.13. The molecule has 0 spiro atoms. The Bertz CT molecular complexity index is 1410. The van der Waals surface area contributed by atoms with E-state index < -0.39 is 0 Å². The van der Waals surface area contributed by atoms with Gasteiger partial charge in [0.05, 0.1) is 28.5 Å². The minimum atomic E-state index is -0.240. The maximum Gasteiger partial charge on any atom is 0.271 e. The molecular formula is C25H24ClN7O2S. The molecule has 0 aliphatic carbocycles. The highest BCUT2D eigenvalue weighted by molar-refractivity contribution is 7.13. The van der Waals surface area contributed by atoms with Gasteiger partial charge in [-0.05, 0) is 50.5 Å². The highest BCUT2D eigenvalue weighted by Gasteiger charge is 2.22. The second-order valence-electron chi connectivity index (χ2n) is 8.62. The Morgan fingerprint density at radius 3 is 3.03 bits per heavy atom. The number of aromatic nitrogens is 5. The number of carbonyl (C=O) groups excluding carboxylic acids is 1. The highest BCUT2D eigenvalue weighted by Crippen LogP contribution is 2.30. The summed E-state index contributed by atoms with van der Waals surface area (Å²) in [5.74, 6) is -0.240. The zero-order chi connectivity index (χ0) is 25.1. The lowest BCUT2D eigenvalue weighted by atomic mass is 10.1. The number of hydrogen-bond acceptors (Lipinski definition) is 7. The number of carbonyl (C=O) groups is 1. The van der Waals surface area contributed by atoms with Gasteiger partial charge in [-0.15, -0.1) is 11.3 Å². The van der Waals surface area contributed by atoms with Crippen molar-refractivity contribution >= 4 is 28.8 Å². The molecule has 0 radical (unpaired) electrons. The van der Waals surface area contributed by atoms with E-state index in [2.05, 4.69) is 26.6 Å². The normalized spacial score (nSPS) is 16.4. The quantitative estimate of drug-likeness (QED) is 0.370. The van der Waals surface area contributed by atoms with E-state index in [1.165, 1.54) is 11.3 Å². The molecule has 2 atom stereocenters. The summed E-state index contributed by atoms with van der Waals surface area (Å²) in [6, 6.07) is 10.9. The molecule has 1 aliphatic rings. The molecule has 0 bridgehead atoms. The Morgan fingerprint density at radius 2 is 2.25 bits per heavy atom. The number of rotatable bonds is 7. The summed E-state index contributed by atoms with van der Waals surface area (Å²) in [5, 5.41) is 23.9. The highest BCUT2D eigenvalue weighted by atomic mass is 35.5. The molecule has 1 amide bonds. The predicted molar refractivity (Wildman–Crippen MR) is 136 cm³/mol. The number of hydrogen-bond donors (Lipinski definition) is 1. The number of benzene rings is 1. The Balaban J connectivity index is 1.21. The third-order valence-corrected chi connectivity index (χ3v) is 7.10. The number of nitrogens with one attached hydrogen (secondary N) is 1. The summed E-state index contributed by atoms with van der Waals surface area (Å²) in [7, 11) is 0. The number of nitriles is 1. The van der Waals surface area contributed by atoms with Gasteiger partial charge in [0.1, 0.15) is 16.8 Å². The molecule has 1 unspecified atom stereocenters. The Labute approximate surface area is 217 Å². The molecule has 1 saturated heterocycles. The van der Waals surface area contributed by atoms with Gasteiger partial charge in [-0.2, -0.15) is 15.5 Å². The standard InChI is InChI=1S/C25H24ClN7O2S/c1-16(14-32-10-8-20(31-32)17-5-6-18(13-27)19(26)12-17)29-24(34)21-15-36-25(30-21)22-7-9-28-33(22)23-4-2-3-11-35-23/h5-10,12,15-16,23H,2-4,11,14H2,1H3,(H,29,34)/t16-,23?/m0/s1. The Kier molecular flexibility index (Phi) is 7.13. The van der Waals surface area contributed by atoms with Crippen LogP contribution in [0.2, 0.25) is 5.02 Å². The molecule has 11 heteroatoms. The molecule has 184 valence electrons. The van der Waals surface area contributed by atoms with Crippen molar-refractivity contribution in [2.75, 3.05) is 6.61 Å². The molecular weight excluding hydrogens is 498 g/mol. The second kappa shape index (κ2) is 10.6. The minimum absolute atomic E-state index is 0.0933. The lowest BCUT2D eigenvalue weighted by Crippen LogP contribution is -2.36. The first-order valence-electron chi connectivity index (χ1n) is 11.7. The summed E-state index contributed by atoms with van der Waals surface area (Å²) in [5.41, 5.74) is 3.21. The van der Waals surface area contributed by atoms with Crippen LogP contribution < -0.4 is 5.32 Å². The van der Waals surface area contributed by atoms with Crippen molar-refractivity contribution < 1.29 is 9.53 Å². The largest absolute Gasteiger partial charge is 0.356 e. The average Bonchev–Trinajstić information content (AvgIpc) is 3.65. The molecule has 5 rings (SSSR count). The van der Waals surface area contributed by atoms with Gasteiger partial charge in [0, 0.05) is 36.0 Å². The van der Waals surface area contributed by atoms with Crippen molar-refractivity contribution in [3.8, 4) is 28.0 Å². The fraction of sp³-hybridized carbons (Fsp3) is 0.320. The summed E-state index contributed by atoms with van der Waals surface area (Å²) >= 11 is 7.56. The van der Waals surface area contributed by atoms with E-state index in [1.54, 1.807) is 28.4 Å². The van der Waals surface area contributed by atoms with E-state index >= 15 is 0 Å². The zero-order valence-corrected chi connectivity index (χ0v) is 21.2. The SMILES string of the molecule is C[C@@H](Cn1ccc(-c2ccc(C#N)c(Cl)c2)n1)NC(=O)c1csc(-c2ccnn2C2CCCCO2)n1. The Morgan fingerprint density at radius 1 is 1.36 bits per heavy atom. The minimum Gasteiger partial charge on any atom is -0.356 e. The smallest absolute Gasteiger partial charge is 0.271 e. The summed E-state index contributed by atoms with van der Waals surface area (Å²) in [6.45, 7) is 3.13. The van der Waals surface area contributed by atoms with Gasteiger partial charge in [0.25, 0.3) is 5.91 Å². The second-order valence-corrected chi connectivity index (χ2v) is 9.89. The van der Waals surface area contributed by atoms with Crippen molar-refractivity contribution in [2.45, 2.75) is 45.0 Å². The number of nitrogens with zero attached hydrogens (tertiary/aromatic N) is 6. The number of thiazole rings is 1. The molecule has 1 N–H and O–H groups in total. The van der Waals surface area contributed by atoms with Crippen LogP contribution in [0.15, 0.2) is 48.1 Å². The van der Waals surface area contributed by atoms with Crippen LogP contribution in [0.5, 0.6) is 0 Å². The van der Waals surface area contributed by atoms with Crippen LogP contribution in [0.4, 0.5) is 0 Å². The molecule has 4 aromatic rings. The van der Waals surface area contributed by atoms with Crippen molar-refractivity contribution in [3.05, 3.63) is 64.4 Å². The molecule has 1 fully saturated rings. The number of amides is 1. The summed E-state index contributed by atoms with van der Waals surface area (Å²) < 4.78 is 9.49. The van der Waals surface area contributed by atoms with Crippen LogP contribution >= 0.6 is 22.9 Å². The van der Waals surface area contributed by atoms with E-state index in [0.29, 0.717) is 22.8 Å². The Hall–Kier alpha value is -3.52. The number of ether oxygens (including phenoxy) is 1. The monoisotopic (exact) mass is 521 g/mol. The van der Waals surface area contributed by atoms with Gasteiger partial charge in [-0.3, -0.25) is 9.48 Å². The van der Waals surface area contributed by atoms with Gasteiger partial charge >= 0.3 is 0 Å². The van der Waals surface area contributed by atoms with Crippen molar-refractivity contribution in [3.63, 3.8) is 0 Å². The van der Waals surface area contributed by atoms with Gasteiger partial charge in [-0.25, -0.2) is 9.67 Å². The van der Waals surface area contributed by atoms with Crippen LogP contribution in [0.1, 0.15) is 48.5 Å². The van der Waals surface area contributed by atoms with Crippen molar-refractivity contribution in [1.82, 2.24) is 29.9 Å². The van der Waals surface area contributed by atoms with Gasteiger partial charge in [0.2, 0.25) is 0 Å². The first-order chi connectivity index (χ1) is 17.5.